The lowest BCUT2D eigenvalue weighted by Gasteiger charge is -2.32. The van der Waals surface area contributed by atoms with Gasteiger partial charge in [0.15, 0.2) is 0 Å². The Bertz CT molecular complexity index is 170. The van der Waals surface area contributed by atoms with Gasteiger partial charge in [0.05, 0.1) is 0 Å². The van der Waals surface area contributed by atoms with Crippen molar-refractivity contribution in [2.45, 2.75) is 38.0 Å². The summed E-state index contributed by atoms with van der Waals surface area (Å²) in [7, 11) is -1.46. The number of hydrogen-bond donors (Lipinski definition) is 1. The van der Waals surface area contributed by atoms with Crippen LogP contribution in [0, 0.1) is 0 Å². The molecule has 0 bridgehead atoms. The number of hydrogen-bond acceptors (Lipinski definition) is 1. The minimum atomic E-state index is -1.46. The van der Waals surface area contributed by atoms with Gasteiger partial charge < -0.3 is 4.98 Å². The van der Waals surface area contributed by atoms with Crippen molar-refractivity contribution in [3.05, 3.63) is 38.0 Å². The Hall–Kier alpha value is -0.603. The molecule has 0 rings (SSSR count). The van der Waals surface area contributed by atoms with Crippen molar-refractivity contribution >= 4 is 8.24 Å². The van der Waals surface area contributed by atoms with Crippen LogP contribution in [0.1, 0.15) is 13.8 Å². The van der Waals surface area contributed by atoms with Crippen molar-refractivity contribution in [3.63, 3.8) is 0 Å². The Morgan fingerprint density at radius 2 is 1.36 bits per heavy atom. The second-order valence-electron chi connectivity index (χ2n) is 4.06. The van der Waals surface area contributed by atoms with E-state index >= 15 is 0 Å². The summed E-state index contributed by atoms with van der Waals surface area (Å²) < 4.78 is 0. The van der Waals surface area contributed by atoms with Crippen LogP contribution in [0.15, 0.2) is 38.0 Å². The highest BCUT2D eigenvalue weighted by Crippen LogP contribution is 2.20. The summed E-state index contributed by atoms with van der Waals surface area (Å²) in [6, 6.07) is 3.79. The average molecular weight is 209 g/mol. The summed E-state index contributed by atoms with van der Waals surface area (Å²) in [6.45, 7) is 15.9. The molecule has 0 spiro atoms. The quantitative estimate of drug-likeness (QED) is 0.477. The van der Waals surface area contributed by atoms with Gasteiger partial charge in [-0.2, -0.15) is 0 Å². The third-order valence-corrected chi connectivity index (χ3v) is 6.60. The van der Waals surface area contributed by atoms with E-state index in [4.69, 9.17) is 0 Å². The summed E-state index contributed by atoms with van der Waals surface area (Å²) in [5, 5.41) is 0. The van der Waals surface area contributed by atoms with Crippen LogP contribution in [0.25, 0.3) is 0 Å². The molecule has 1 nitrogen and oxygen atoms in total. The van der Waals surface area contributed by atoms with E-state index in [0.29, 0.717) is 6.04 Å². The fraction of sp³-hybridized carbons (Fsp3) is 0.500. The molecular formula is C12H23NSi. The molecule has 0 unspecified atom stereocenters. The van der Waals surface area contributed by atoms with Crippen LogP contribution in [-0.2, 0) is 0 Å². The molecule has 0 radical (unpaired) electrons. The fourth-order valence-electron chi connectivity index (χ4n) is 1.87. The molecule has 0 saturated carbocycles. The summed E-state index contributed by atoms with van der Waals surface area (Å²) in [5.74, 6) is 0. The predicted octanol–water partition coefficient (Wildman–Crippen LogP) is 3.49. The molecule has 0 aliphatic rings. The maximum atomic E-state index is 3.84. The topological polar surface area (TPSA) is 12.0 Å². The van der Waals surface area contributed by atoms with E-state index in [1.807, 2.05) is 18.2 Å². The van der Waals surface area contributed by atoms with Crippen molar-refractivity contribution in [3.8, 4) is 0 Å². The van der Waals surface area contributed by atoms with Gasteiger partial charge in [-0.05, 0) is 24.2 Å². The molecule has 0 amide bonds. The van der Waals surface area contributed by atoms with Crippen LogP contribution in [0.4, 0.5) is 0 Å². The van der Waals surface area contributed by atoms with Gasteiger partial charge in [0.25, 0.3) is 0 Å². The van der Waals surface area contributed by atoms with Gasteiger partial charge in [-0.3, -0.25) is 0 Å². The van der Waals surface area contributed by atoms with Crippen LogP contribution < -0.4 is 4.98 Å². The van der Waals surface area contributed by atoms with Crippen LogP contribution in [0.3, 0.4) is 0 Å². The molecule has 80 valence electrons. The van der Waals surface area contributed by atoms with Crippen molar-refractivity contribution in [1.82, 2.24) is 4.98 Å². The molecule has 0 atom stereocenters. The van der Waals surface area contributed by atoms with Gasteiger partial charge in [-0.25, -0.2) is 0 Å². The highest BCUT2D eigenvalue weighted by atomic mass is 28.3. The number of rotatable bonds is 8. The standard InChI is InChI=1S/C12H23NSi/c1-6-9-14(10-7-2,11-8-3)13-12(4)5/h6-8,12-13H,1-3,9-11H2,4-5H3. The van der Waals surface area contributed by atoms with Crippen molar-refractivity contribution < 1.29 is 0 Å². The first kappa shape index (κ1) is 13.4. The molecule has 0 aliphatic carbocycles. The Morgan fingerprint density at radius 3 is 1.57 bits per heavy atom. The van der Waals surface area contributed by atoms with E-state index in [-0.39, 0.29) is 0 Å². The fourth-order valence-corrected chi connectivity index (χ4v) is 5.60. The van der Waals surface area contributed by atoms with E-state index < -0.39 is 8.24 Å². The van der Waals surface area contributed by atoms with Gasteiger partial charge in [0.2, 0.25) is 0 Å². The van der Waals surface area contributed by atoms with E-state index in [9.17, 15) is 0 Å². The summed E-state index contributed by atoms with van der Waals surface area (Å²) in [6.07, 6.45) is 6.07. The highest BCUT2D eigenvalue weighted by molar-refractivity contribution is 6.78. The third-order valence-electron chi connectivity index (χ3n) is 2.20. The maximum absolute atomic E-state index is 3.84. The molecule has 0 saturated heterocycles. The lowest BCUT2D eigenvalue weighted by atomic mass is 10.4. The number of allylic oxidation sites excluding steroid dienone is 3. The van der Waals surface area contributed by atoms with Gasteiger partial charge >= 0.3 is 0 Å². The first-order valence-electron chi connectivity index (χ1n) is 5.20. The van der Waals surface area contributed by atoms with Gasteiger partial charge in [0, 0.05) is 0 Å². The highest BCUT2D eigenvalue weighted by Gasteiger charge is 2.29. The monoisotopic (exact) mass is 209 g/mol. The number of nitrogens with one attached hydrogen (secondary N) is 1. The van der Waals surface area contributed by atoms with E-state index in [1.54, 1.807) is 0 Å². The van der Waals surface area contributed by atoms with Gasteiger partial charge in [-0.15, -0.1) is 19.7 Å². The third kappa shape index (κ3) is 4.58. The minimum Gasteiger partial charge on any atom is -0.334 e. The maximum Gasteiger partial charge on any atom is 0.137 e. The Morgan fingerprint density at radius 1 is 1.00 bits per heavy atom. The zero-order chi connectivity index (χ0) is 11.0. The SMILES string of the molecule is C=CC[Si](CC=C)(CC=C)NC(C)C. The second kappa shape index (κ2) is 6.79. The first-order valence-corrected chi connectivity index (χ1v) is 7.82. The zero-order valence-corrected chi connectivity index (χ0v) is 10.6. The van der Waals surface area contributed by atoms with Crippen LogP contribution in [0.5, 0.6) is 0 Å². The van der Waals surface area contributed by atoms with E-state index in [1.165, 1.54) is 0 Å². The molecule has 14 heavy (non-hydrogen) atoms. The molecule has 0 aliphatic heterocycles. The van der Waals surface area contributed by atoms with Crippen LogP contribution in [-0.4, -0.2) is 14.3 Å². The van der Waals surface area contributed by atoms with Crippen molar-refractivity contribution in [1.29, 1.82) is 0 Å². The summed E-state index contributed by atoms with van der Waals surface area (Å²) in [5.41, 5.74) is 0. The molecular weight excluding hydrogens is 186 g/mol. The molecule has 0 aromatic carbocycles. The smallest absolute Gasteiger partial charge is 0.137 e. The summed E-state index contributed by atoms with van der Waals surface area (Å²) >= 11 is 0. The largest absolute Gasteiger partial charge is 0.334 e. The first-order chi connectivity index (χ1) is 6.60. The Kier molecular flexibility index (Phi) is 6.50. The van der Waals surface area contributed by atoms with E-state index in [2.05, 4.69) is 38.6 Å². The molecule has 1 N–H and O–H groups in total. The van der Waals surface area contributed by atoms with Crippen LogP contribution in [0.2, 0.25) is 18.1 Å². The summed E-state index contributed by atoms with van der Waals surface area (Å²) in [4.78, 5) is 3.72. The molecule has 0 fully saturated rings. The van der Waals surface area contributed by atoms with E-state index in [0.717, 1.165) is 18.1 Å². The minimum absolute atomic E-state index is 0.529. The van der Waals surface area contributed by atoms with Gasteiger partial charge in [-0.1, -0.05) is 32.1 Å². The lowest BCUT2D eigenvalue weighted by molar-refractivity contribution is 0.725. The van der Waals surface area contributed by atoms with Crippen LogP contribution >= 0.6 is 0 Å². The Balaban J connectivity index is 4.60. The zero-order valence-electron chi connectivity index (χ0n) is 9.55. The van der Waals surface area contributed by atoms with Gasteiger partial charge in [0.1, 0.15) is 8.24 Å². The molecule has 0 aromatic rings. The Labute approximate surface area is 89.7 Å². The molecule has 2 heteroatoms. The van der Waals surface area contributed by atoms with Crippen molar-refractivity contribution in [2.24, 2.45) is 0 Å². The molecule has 0 aromatic heterocycles. The van der Waals surface area contributed by atoms with Crippen molar-refractivity contribution in [2.75, 3.05) is 0 Å². The second-order valence-corrected chi connectivity index (χ2v) is 8.13. The average Bonchev–Trinajstić information content (AvgIpc) is 2.03. The normalized spacial score (nSPS) is 11.4. The predicted molar refractivity (Wildman–Crippen MR) is 69.0 cm³/mol. The lowest BCUT2D eigenvalue weighted by Crippen LogP contribution is -2.52. The molecule has 0 heterocycles.